The van der Waals surface area contributed by atoms with Crippen LogP contribution in [0.25, 0.3) is 0 Å². The zero-order valence-electron chi connectivity index (χ0n) is 11.5. The van der Waals surface area contributed by atoms with E-state index in [1.165, 1.54) is 11.0 Å². The first-order valence-corrected chi connectivity index (χ1v) is 6.95. The van der Waals surface area contributed by atoms with Crippen LogP contribution in [0.3, 0.4) is 0 Å². The molecule has 1 aliphatic rings. The summed E-state index contributed by atoms with van der Waals surface area (Å²) in [6, 6.07) is 1.27. The molecule has 0 saturated carbocycles. The van der Waals surface area contributed by atoms with Crippen LogP contribution in [0.5, 0.6) is 5.75 Å². The second kappa shape index (κ2) is 5.00. The molecule has 1 amide bonds. The molecule has 0 aromatic carbocycles. The first-order valence-electron chi connectivity index (χ1n) is 6.13. The summed E-state index contributed by atoms with van der Waals surface area (Å²) in [6.45, 7) is 5.83. The number of halogens is 1. The second-order valence-corrected chi connectivity index (χ2v) is 6.69. The number of amides is 1. The van der Waals surface area contributed by atoms with Gasteiger partial charge in [0.05, 0.1) is 10.9 Å². The van der Waals surface area contributed by atoms with Crippen molar-refractivity contribution in [1.82, 2.24) is 4.90 Å². The Bertz CT molecular complexity index is 481. The molecule has 0 aliphatic carbocycles. The van der Waals surface area contributed by atoms with Crippen LogP contribution in [0.2, 0.25) is 0 Å². The normalized spacial score (nSPS) is 18.5. The third-order valence-electron chi connectivity index (χ3n) is 2.82. The van der Waals surface area contributed by atoms with E-state index in [4.69, 9.17) is 9.47 Å². The number of carbonyl (C=O) groups is 1. The number of thiophene rings is 1. The van der Waals surface area contributed by atoms with E-state index < -0.39 is 5.60 Å². The minimum Gasteiger partial charge on any atom is -0.490 e. The standard InChI is InChI=1S/C13H18FNO3S/c1-13(2,3)18-12(16)15(4)8-5-10-9(17-7-8)6-11(14)19-10/h6,8H,5,7H2,1-4H3. The number of likely N-dealkylation sites (N-methyl/N-ethyl adjacent to an activating group) is 1. The van der Waals surface area contributed by atoms with Crippen LogP contribution in [0, 0.1) is 5.13 Å². The van der Waals surface area contributed by atoms with E-state index >= 15 is 0 Å². The SMILES string of the molecule is CN(C(=O)OC(C)(C)C)C1COc2cc(F)sc2C1. The molecule has 0 bridgehead atoms. The average Bonchev–Trinajstić information content (AvgIpc) is 2.64. The molecule has 2 rings (SSSR count). The molecule has 0 radical (unpaired) electrons. The van der Waals surface area contributed by atoms with Crippen molar-refractivity contribution in [3.63, 3.8) is 0 Å². The first-order chi connectivity index (χ1) is 8.76. The summed E-state index contributed by atoms with van der Waals surface area (Å²) in [6.07, 6.45) is 0.209. The van der Waals surface area contributed by atoms with Crippen molar-refractivity contribution in [3.05, 3.63) is 16.1 Å². The van der Waals surface area contributed by atoms with Gasteiger partial charge in [0.15, 0.2) is 5.13 Å². The molecule has 0 fully saturated rings. The van der Waals surface area contributed by atoms with Crippen LogP contribution in [-0.2, 0) is 11.2 Å². The maximum Gasteiger partial charge on any atom is 0.410 e. The molecule has 0 spiro atoms. The van der Waals surface area contributed by atoms with Crippen LogP contribution in [0.15, 0.2) is 6.07 Å². The zero-order valence-corrected chi connectivity index (χ0v) is 12.3. The highest BCUT2D eigenvalue weighted by atomic mass is 32.1. The summed E-state index contributed by atoms with van der Waals surface area (Å²) in [7, 11) is 1.68. The number of fused-ring (bicyclic) bond motifs is 1. The molecular weight excluding hydrogens is 269 g/mol. The largest absolute Gasteiger partial charge is 0.490 e. The van der Waals surface area contributed by atoms with E-state index in [0.717, 1.165) is 16.2 Å². The van der Waals surface area contributed by atoms with Gasteiger partial charge < -0.3 is 14.4 Å². The van der Waals surface area contributed by atoms with Gasteiger partial charge in [0, 0.05) is 19.5 Å². The summed E-state index contributed by atoms with van der Waals surface area (Å²) >= 11 is 1.07. The van der Waals surface area contributed by atoms with Crippen LogP contribution < -0.4 is 4.74 Å². The van der Waals surface area contributed by atoms with Crippen molar-refractivity contribution in [3.8, 4) is 5.75 Å². The van der Waals surface area contributed by atoms with Crippen molar-refractivity contribution in [2.45, 2.75) is 38.8 Å². The van der Waals surface area contributed by atoms with Crippen molar-refractivity contribution < 1.29 is 18.7 Å². The number of hydrogen-bond acceptors (Lipinski definition) is 4. The summed E-state index contributed by atoms with van der Waals surface area (Å²) in [5, 5.41) is -0.259. The van der Waals surface area contributed by atoms with Gasteiger partial charge in [0.25, 0.3) is 0 Å². The predicted octanol–water partition coefficient (Wildman–Crippen LogP) is 3.06. The molecule has 1 unspecified atom stereocenters. The zero-order chi connectivity index (χ0) is 14.2. The Labute approximate surface area is 116 Å². The molecule has 19 heavy (non-hydrogen) atoms. The molecule has 1 atom stereocenters. The Morgan fingerprint density at radius 2 is 2.26 bits per heavy atom. The van der Waals surface area contributed by atoms with Gasteiger partial charge in [-0.3, -0.25) is 0 Å². The fourth-order valence-corrected chi connectivity index (χ4v) is 2.73. The Morgan fingerprint density at radius 3 is 2.89 bits per heavy atom. The van der Waals surface area contributed by atoms with Gasteiger partial charge >= 0.3 is 6.09 Å². The molecule has 6 heteroatoms. The lowest BCUT2D eigenvalue weighted by Gasteiger charge is -2.32. The van der Waals surface area contributed by atoms with E-state index in [-0.39, 0.29) is 17.3 Å². The van der Waals surface area contributed by atoms with Gasteiger partial charge in [0.2, 0.25) is 0 Å². The Kier molecular flexibility index (Phi) is 3.71. The second-order valence-electron chi connectivity index (χ2n) is 5.60. The molecular formula is C13H18FNO3S. The topological polar surface area (TPSA) is 38.8 Å². The van der Waals surface area contributed by atoms with Gasteiger partial charge in [-0.05, 0) is 20.8 Å². The number of rotatable bonds is 1. The van der Waals surface area contributed by atoms with Crippen LogP contribution in [-0.4, -0.2) is 36.3 Å². The minimum atomic E-state index is -0.527. The van der Waals surface area contributed by atoms with Gasteiger partial charge in [-0.15, -0.1) is 11.3 Å². The third-order valence-corrected chi connectivity index (χ3v) is 3.75. The maximum atomic E-state index is 13.1. The van der Waals surface area contributed by atoms with Crippen molar-refractivity contribution in [1.29, 1.82) is 0 Å². The predicted molar refractivity (Wildman–Crippen MR) is 71.3 cm³/mol. The number of carbonyl (C=O) groups excluding carboxylic acids is 1. The van der Waals surface area contributed by atoms with Crippen LogP contribution in [0.4, 0.5) is 9.18 Å². The summed E-state index contributed by atoms with van der Waals surface area (Å²) in [5.41, 5.74) is -0.527. The molecule has 2 heterocycles. The van der Waals surface area contributed by atoms with Crippen molar-refractivity contribution in [2.75, 3.05) is 13.7 Å². The molecule has 1 aromatic rings. The van der Waals surface area contributed by atoms with E-state index in [9.17, 15) is 9.18 Å². The Morgan fingerprint density at radius 1 is 1.58 bits per heavy atom. The molecule has 1 aromatic heterocycles. The monoisotopic (exact) mass is 287 g/mol. The van der Waals surface area contributed by atoms with Crippen LogP contribution >= 0.6 is 11.3 Å². The lowest BCUT2D eigenvalue weighted by atomic mass is 10.1. The lowest BCUT2D eigenvalue weighted by Crippen LogP contribution is -2.45. The average molecular weight is 287 g/mol. The van der Waals surface area contributed by atoms with Crippen LogP contribution in [0.1, 0.15) is 25.6 Å². The van der Waals surface area contributed by atoms with Gasteiger partial charge in [-0.1, -0.05) is 0 Å². The van der Waals surface area contributed by atoms with Gasteiger partial charge in [0.1, 0.15) is 18.0 Å². The maximum absolute atomic E-state index is 13.1. The quantitative estimate of drug-likeness (QED) is 0.797. The smallest absolute Gasteiger partial charge is 0.410 e. The molecule has 1 aliphatic heterocycles. The molecule has 0 N–H and O–H groups in total. The first kappa shape index (κ1) is 14.1. The number of nitrogens with zero attached hydrogens (tertiary/aromatic N) is 1. The number of hydrogen-bond donors (Lipinski definition) is 0. The van der Waals surface area contributed by atoms with Gasteiger partial charge in [-0.25, -0.2) is 4.79 Å². The van der Waals surface area contributed by atoms with E-state index in [1.807, 2.05) is 20.8 Å². The summed E-state index contributed by atoms with van der Waals surface area (Å²) < 4.78 is 23.9. The molecule has 106 valence electrons. The summed E-state index contributed by atoms with van der Waals surface area (Å²) in [4.78, 5) is 14.3. The van der Waals surface area contributed by atoms with Crippen molar-refractivity contribution in [2.24, 2.45) is 0 Å². The highest BCUT2D eigenvalue weighted by Crippen LogP contribution is 2.33. The highest BCUT2D eigenvalue weighted by Gasteiger charge is 2.30. The summed E-state index contributed by atoms with van der Waals surface area (Å²) in [5.74, 6) is 0.594. The Balaban J connectivity index is 2.02. The van der Waals surface area contributed by atoms with Crippen molar-refractivity contribution >= 4 is 17.4 Å². The minimum absolute atomic E-state index is 0.125. The van der Waals surface area contributed by atoms with E-state index in [1.54, 1.807) is 7.05 Å². The fourth-order valence-electron chi connectivity index (χ4n) is 1.84. The van der Waals surface area contributed by atoms with E-state index in [0.29, 0.717) is 18.8 Å². The third kappa shape index (κ3) is 3.37. The van der Waals surface area contributed by atoms with Gasteiger partial charge in [-0.2, -0.15) is 4.39 Å². The van der Waals surface area contributed by atoms with E-state index in [2.05, 4.69) is 0 Å². The molecule has 4 nitrogen and oxygen atoms in total. The molecule has 0 saturated heterocycles. The highest BCUT2D eigenvalue weighted by molar-refractivity contribution is 7.10. The lowest BCUT2D eigenvalue weighted by molar-refractivity contribution is 0.0161. The fraction of sp³-hybridized carbons (Fsp3) is 0.615. The Hall–Kier alpha value is -1.30. The number of ether oxygens (including phenoxy) is 2.